The van der Waals surface area contributed by atoms with E-state index in [2.05, 4.69) is 5.32 Å². The quantitative estimate of drug-likeness (QED) is 0.743. The van der Waals surface area contributed by atoms with Crippen LogP contribution in [-0.4, -0.2) is 45.3 Å². The number of ether oxygens (including phenoxy) is 4. The average molecular weight is 420 g/mol. The van der Waals surface area contributed by atoms with E-state index in [1.807, 2.05) is 0 Å². The molecule has 0 aromatic heterocycles. The van der Waals surface area contributed by atoms with Crippen LogP contribution < -0.4 is 14.8 Å². The number of hydrogen-bond donors (Lipinski definition) is 1. The highest BCUT2D eigenvalue weighted by molar-refractivity contribution is 6.30. The Kier molecular flexibility index (Phi) is 5.93. The van der Waals surface area contributed by atoms with E-state index in [1.54, 1.807) is 18.2 Å². The van der Waals surface area contributed by atoms with E-state index in [1.165, 1.54) is 33.5 Å². The van der Waals surface area contributed by atoms with Gasteiger partial charge in [0.1, 0.15) is 0 Å². The molecule has 9 heteroatoms. The molecular weight excluding hydrogens is 402 g/mol. The zero-order chi connectivity index (χ0) is 21.1. The minimum Gasteiger partial charge on any atom is -0.493 e. The Balaban J connectivity index is 1.90. The molecule has 1 unspecified atom stereocenters. The van der Waals surface area contributed by atoms with Gasteiger partial charge in [-0.25, -0.2) is 9.59 Å². The number of carbonyl (C=O) groups excluding carboxylic acids is 3. The fourth-order valence-electron chi connectivity index (χ4n) is 2.99. The summed E-state index contributed by atoms with van der Waals surface area (Å²) in [4.78, 5) is 37.1. The van der Waals surface area contributed by atoms with E-state index < -0.39 is 23.9 Å². The molecule has 1 amide bonds. The maximum Gasteiger partial charge on any atom is 0.340 e. The number of benzene rings is 2. The second-order valence-electron chi connectivity index (χ2n) is 6.13. The van der Waals surface area contributed by atoms with Crippen LogP contribution in [0.1, 0.15) is 26.3 Å². The molecular formula is C20H18ClNO7. The normalized spacial score (nSPS) is 15.0. The van der Waals surface area contributed by atoms with E-state index >= 15 is 0 Å². The number of fused-ring (bicyclic) bond motifs is 1. The van der Waals surface area contributed by atoms with Gasteiger partial charge < -0.3 is 24.3 Å². The predicted molar refractivity (Wildman–Crippen MR) is 104 cm³/mol. The standard InChI is InChI=1S/C20H18ClNO7/c1-26-15-8-13(19(24)28-3)14(9-16(15)27-2)22-18(23)17-7-10-6-11(21)4-5-12(10)20(25)29-17/h4-6,8-9,17H,7H2,1-3H3,(H,22,23). The summed E-state index contributed by atoms with van der Waals surface area (Å²) in [6, 6.07) is 7.57. The van der Waals surface area contributed by atoms with E-state index in [0.717, 1.165) is 0 Å². The van der Waals surface area contributed by atoms with Gasteiger partial charge >= 0.3 is 11.9 Å². The molecule has 152 valence electrons. The lowest BCUT2D eigenvalue weighted by Gasteiger charge is -2.24. The van der Waals surface area contributed by atoms with Crippen LogP contribution >= 0.6 is 11.6 Å². The first-order valence-corrected chi connectivity index (χ1v) is 8.90. The second-order valence-corrected chi connectivity index (χ2v) is 6.57. The van der Waals surface area contributed by atoms with E-state index in [9.17, 15) is 14.4 Å². The molecule has 1 heterocycles. The topological polar surface area (TPSA) is 100 Å². The Morgan fingerprint density at radius 1 is 1.10 bits per heavy atom. The Hall–Kier alpha value is -3.26. The molecule has 0 fully saturated rings. The summed E-state index contributed by atoms with van der Waals surface area (Å²) < 4.78 is 20.4. The summed E-state index contributed by atoms with van der Waals surface area (Å²) in [6.07, 6.45) is -0.944. The highest BCUT2D eigenvalue weighted by Crippen LogP contribution is 2.34. The highest BCUT2D eigenvalue weighted by atomic mass is 35.5. The largest absolute Gasteiger partial charge is 0.493 e. The minimum atomic E-state index is -1.09. The average Bonchev–Trinajstić information content (AvgIpc) is 2.72. The maximum atomic E-state index is 12.8. The number of rotatable bonds is 5. The number of nitrogens with one attached hydrogen (secondary N) is 1. The van der Waals surface area contributed by atoms with Gasteiger partial charge in [-0.1, -0.05) is 11.6 Å². The zero-order valence-electron chi connectivity index (χ0n) is 15.9. The van der Waals surface area contributed by atoms with Crippen molar-refractivity contribution in [2.45, 2.75) is 12.5 Å². The van der Waals surface area contributed by atoms with Crippen molar-refractivity contribution in [3.8, 4) is 11.5 Å². The van der Waals surface area contributed by atoms with Gasteiger partial charge in [-0.05, 0) is 23.8 Å². The SMILES string of the molecule is COC(=O)c1cc(OC)c(OC)cc1NC(=O)C1Cc2cc(Cl)ccc2C(=O)O1. The first kappa shape index (κ1) is 20.5. The molecule has 2 aromatic rings. The molecule has 2 aromatic carbocycles. The van der Waals surface area contributed by atoms with Crippen LogP contribution in [0.5, 0.6) is 11.5 Å². The molecule has 1 N–H and O–H groups in total. The van der Waals surface area contributed by atoms with Gasteiger partial charge in [0, 0.05) is 23.6 Å². The molecule has 1 aliphatic rings. The number of cyclic esters (lactones) is 1. The van der Waals surface area contributed by atoms with E-state index in [-0.39, 0.29) is 17.7 Å². The van der Waals surface area contributed by atoms with Crippen molar-refractivity contribution in [3.63, 3.8) is 0 Å². The van der Waals surface area contributed by atoms with Crippen LogP contribution in [0, 0.1) is 0 Å². The van der Waals surface area contributed by atoms with Gasteiger partial charge in [0.05, 0.1) is 38.1 Å². The fourth-order valence-corrected chi connectivity index (χ4v) is 3.18. The molecule has 0 radical (unpaired) electrons. The van der Waals surface area contributed by atoms with E-state index in [4.69, 9.17) is 30.5 Å². The molecule has 29 heavy (non-hydrogen) atoms. The molecule has 1 aliphatic heterocycles. The molecule has 0 saturated heterocycles. The summed E-state index contributed by atoms with van der Waals surface area (Å²) in [7, 11) is 4.06. The van der Waals surface area contributed by atoms with Crippen LogP contribution in [-0.2, 0) is 20.7 Å². The van der Waals surface area contributed by atoms with Crippen LogP contribution in [0.3, 0.4) is 0 Å². The van der Waals surface area contributed by atoms with Gasteiger partial charge in [-0.3, -0.25) is 4.79 Å². The molecule has 1 atom stereocenters. The summed E-state index contributed by atoms with van der Waals surface area (Å²) in [5.74, 6) is -1.32. The second kappa shape index (κ2) is 8.40. The lowest BCUT2D eigenvalue weighted by atomic mass is 9.98. The molecule has 8 nitrogen and oxygen atoms in total. The van der Waals surface area contributed by atoms with Gasteiger partial charge in [0.25, 0.3) is 5.91 Å². The fraction of sp³-hybridized carbons (Fsp3) is 0.250. The molecule has 0 saturated carbocycles. The molecule has 0 bridgehead atoms. The maximum absolute atomic E-state index is 12.8. The van der Waals surface area contributed by atoms with Gasteiger partial charge in [-0.2, -0.15) is 0 Å². The number of hydrogen-bond acceptors (Lipinski definition) is 7. The number of halogens is 1. The number of methoxy groups -OCH3 is 3. The van der Waals surface area contributed by atoms with Crippen molar-refractivity contribution in [2.24, 2.45) is 0 Å². The van der Waals surface area contributed by atoms with Crippen LogP contribution in [0.25, 0.3) is 0 Å². The van der Waals surface area contributed by atoms with Crippen molar-refractivity contribution in [1.82, 2.24) is 0 Å². The van der Waals surface area contributed by atoms with Crippen LogP contribution in [0.4, 0.5) is 5.69 Å². The van der Waals surface area contributed by atoms with E-state index in [0.29, 0.717) is 27.6 Å². The zero-order valence-corrected chi connectivity index (χ0v) is 16.7. The third kappa shape index (κ3) is 4.12. The lowest BCUT2D eigenvalue weighted by Crippen LogP contribution is -2.38. The Morgan fingerprint density at radius 2 is 1.79 bits per heavy atom. The molecule has 0 spiro atoms. The monoisotopic (exact) mass is 419 g/mol. The van der Waals surface area contributed by atoms with Gasteiger partial charge in [0.15, 0.2) is 17.6 Å². The summed E-state index contributed by atoms with van der Waals surface area (Å²) >= 11 is 5.99. The van der Waals surface area contributed by atoms with Crippen molar-refractivity contribution < 1.29 is 33.3 Å². The first-order valence-electron chi connectivity index (χ1n) is 8.52. The molecule has 0 aliphatic carbocycles. The number of anilines is 1. The third-order valence-corrected chi connectivity index (χ3v) is 4.66. The summed E-state index contributed by atoms with van der Waals surface area (Å²) in [6.45, 7) is 0. The van der Waals surface area contributed by atoms with Gasteiger partial charge in [0.2, 0.25) is 0 Å². The number of esters is 2. The van der Waals surface area contributed by atoms with Crippen molar-refractivity contribution in [1.29, 1.82) is 0 Å². The molecule has 3 rings (SSSR count). The smallest absolute Gasteiger partial charge is 0.340 e. The summed E-state index contributed by atoms with van der Waals surface area (Å²) in [5, 5.41) is 3.05. The summed E-state index contributed by atoms with van der Waals surface area (Å²) in [5.41, 5.74) is 1.16. The Bertz CT molecular complexity index is 989. The lowest BCUT2D eigenvalue weighted by molar-refractivity contribution is -0.125. The third-order valence-electron chi connectivity index (χ3n) is 4.42. The Labute approximate surface area is 171 Å². The first-order chi connectivity index (χ1) is 13.9. The van der Waals surface area contributed by atoms with Crippen molar-refractivity contribution >= 4 is 35.1 Å². The number of amides is 1. The van der Waals surface area contributed by atoms with Crippen molar-refractivity contribution in [3.05, 3.63) is 52.0 Å². The number of carbonyl (C=O) groups is 3. The Morgan fingerprint density at radius 3 is 2.45 bits per heavy atom. The minimum absolute atomic E-state index is 0.0593. The van der Waals surface area contributed by atoms with Crippen LogP contribution in [0.15, 0.2) is 30.3 Å². The predicted octanol–water partition coefficient (Wildman–Crippen LogP) is 2.86. The highest BCUT2D eigenvalue weighted by Gasteiger charge is 2.32. The van der Waals surface area contributed by atoms with Crippen molar-refractivity contribution in [2.75, 3.05) is 26.6 Å². The van der Waals surface area contributed by atoms with Gasteiger partial charge in [-0.15, -0.1) is 0 Å². The van der Waals surface area contributed by atoms with Crippen LogP contribution in [0.2, 0.25) is 5.02 Å².